The van der Waals surface area contributed by atoms with Crippen LogP contribution < -0.4 is 4.74 Å². The van der Waals surface area contributed by atoms with Gasteiger partial charge in [-0.1, -0.05) is 36.4 Å². The molecule has 0 N–H and O–H groups in total. The van der Waals surface area contributed by atoms with E-state index in [4.69, 9.17) is 4.74 Å². The molecule has 0 aliphatic heterocycles. The summed E-state index contributed by atoms with van der Waals surface area (Å²) in [6, 6.07) is 18.2. The molecule has 0 bridgehead atoms. The lowest BCUT2D eigenvalue weighted by molar-refractivity contribution is -0.130. The number of hydrogen-bond donors (Lipinski definition) is 0. The molecule has 0 saturated heterocycles. The molecule has 2 heteroatoms. The first-order chi connectivity index (χ1) is 10.2. The monoisotopic (exact) mass is 276 g/mol. The summed E-state index contributed by atoms with van der Waals surface area (Å²) in [5.74, 6) is 0.265. The fraction of sp³-hybridized carbons (Fsp3) is 0.105. The van der Waals surface area contributed by atoms with Crippen molar-refractivity contribution in [3.05, 3.63) is 66.2 Å². The summed E-state index contributed by atoms with van der Waals surface area (Å²) in [5.41, 5.74) is 0.605. The van der Waals surface area contributed by atoms with Crippen molar-refractivity contribution in [2.24, 2.45) is 0 Å². The number of allylic oxidation sites excluding steroid dienone is 1. The van der Waals surface area contributed by atoms with Crippen molar-refractivity contribution in [3.63, 3.8) is 0 Å². The van der Waals surface area contributed by atoms with E-state index in [-0.39, 0.29) is 5.97 Å². The van der Waals surface area contributed by atoms with Crippen LogP contribution in [-0.4, -0.2) is 5.97 Å². The van der Waals surface area contributed by atoms with Gasteiger partial charge in [0.25, 0.3) is 0 Å². The summed E-state index contributed by atoms with van der Waals surface area (Å²) in [4.78, 5) is 11.8. The number of carbonyl (C=O) groups excluding carboxylic acids is 1. The Kier molecular flexibility index (Phi) is 3.44. The normalized spacial score (nSPS) is 11.8. The van der Waals surface area contributed by atoms with Gasteiger partial charge < -0.3 is 4.74 Å². The minimum absolute atomic E-state index is 0.308. The zero-order valence-electron chi connectivity index (χ0n) is 12.1. The Balaban J connectivity index is 2.03. The van der Waals surface area contributed by atoms with Crippen LogP contribution in [0.1, 0.15) is 13.8 Å². The van der Waals surface area contributed by atoms with Crippen molar-refractivity contribution in [2.45, 2.75) is 13.8 Å². The van der Waals surface area contributed by atoms with E-state index in [1.807, 2.05) is 37.3 Å². The number of fused-ring (bicyclic) bond motifs is 2. The Morgan fingerprint density at radius 1 is 0.905 bits per heavy atom. The lowest BCUT2D eigenvalue weighted by Crippen LogP contribution is -2.08. The van der Waals surface area contributed by atoms with E-state index in [0.717, 1.165) is 10.8 Å². The molecule has 0 saturated carbocycles. The van der Waals surface area contributed by atoms with Gasteiger partial charge in [-0.05, 0) is 59.7 Å². The number of benzene rings is 3. The highest BCUT2D eigenvalue weighted by Gasteiger charge is 2.07. The standard InChI is InChI=1S/C19H16O2/c1-3-13(2)19(20)21-18-9-8-16-10-14-6-4-5-7-15(14)11-17(16)12-18/h3-12H,1-2H3. The quantitative estimate of drug-likeness (QED) is 0.289. The molecule has 0 heterocycles. The van der Waals surface area contributed by atoms with Crippen LogP contribution in [0, 0.1) is 0 Å². The third-order valence-electron chi connectivity index (χ3n) is 3.64. The second-order valence-corrected chi connectivity index (χ2v) is 5.07. The maximum absolute atomic E-state index is 11.8. The Morgan fingerprint density at radius 2 is 1.52 bits per heavy atom. The van der Waals surface area contributed by atoms with Crippen LogP contribution in [0.5, 0.6) is 5.75 Å². The average Bonchev–Trinajstić information content (AvgIpc) is 2.52. The average molecular weight is 276 g/mol. The first kappa shape index (κ1) is 13.4. The third kappa shape index (κ3) is 2.65. The highest BCUT2D eigenvalue weighted by atomic mass is 16.5. The van der Waals surface area contributed by atoms with Crippen LogP contribution in [0.25, 0.3) is 21.5 Å². The zero-order valence-corrected chi connectivity index (χ0v) is 12.1. The maximum Gasteiger partial charge on any atom is 0.338 e. The molecule has 0 spiro atoms. The van der Waals surface area contributed by atoms with Gasteiger partial charge in [-0.15, -0.1) is 0 Å². The van der Waals surface area contributed by atoms with Crippen LogP contribution in [0.15, 0.2) is 66.2 Å². The van der Waals surface area contributed by atoms with E-state index in [1.54, 1.807) is 13.0 Å². The van der Waals surface area contributed by atoms with Crippen molar-refractivity contribution in [2.75, 3.05) is 0 Å². The minimum Gasteiger partial charge on any atom is -0.423 e. The SMILES string of the molecule is CC=C(C)C(=O)Oc1ccc2cc3ccccc3cc2c1. The molecule has 2 nitrogen and oxygen atoms in total. The fourth-order valence-corrected chi connectivity index (χ4v) is 2.29. The summed E-state index contributed by atoms with van der Waals surface area (Å²) in [6.07, 6.45) is 1.75. The third-order valence-corrected chi connectivity index (χ3v) is 3.64. The van der Waals surface area contributed by atoms with Gasteiger partial charge in [0.1, 0.15) is 5.75 Å². The van der Waals surface area contributed by atoms with E-state index in [2.05, 4.69) is 24.3 Å². The highest BCUT2D eigenvalue weighted by molar-refractivity contribution is 5.99. The van der Waals surface area contributed by atoms with Crippen LogP contribution in [-0.2, 0) is 4.79 Å². The lowest BCUT2D eigenvalue weighted by atomic mass is 10.0. The molecule has 0 unspecified atom stereocenters. The molecular formula is C19H16O2. The number of hydrogen-bond acceptors (Lipinski definition) is 2. The van der Waals surface area contributed by atoms with Crippen LogP contribution in [0.2, 0.25) is 0 Å². The molecule has 0 aliphatic rings. The van der Waals surface area contributed by atoms with Crippen LogP contribution in [0.3, 0.4) is 0 Å². The van der Waals surface area contributed by atoms with Crippen molar-refractivity contribution in [3.8, 4) is 5.75 Å². The molecule has 0 amide bonds. The van der Waals surface area contributed by atoms with Gasteiger partial charge in [0.15, 0.2) is 0 Å². The van der Waals surface area contributed by atoms with E-state index in [0.29, 0.717) is 11.3 Å². The second kappa shape index (κ2) is 5.41. The van der Waals surface area contributed by atoms with E-state index in [9.17, 15) is 4.79 Å². The van der Waals surface area contributed by atoms with Crippen molar-refractivity contribution in [1.29, 1.82) is 0 Å². The van der Waals surface area contributed by atoms with Gasteiger partial charge >= 0.3 is 5.97 Å². The largest absolute Gasteiger partial charge is 0.423 e. The molecule has 0 radical (unpaired) electrons. The number of carbonyl (C=O) groups is 1. The van der Waals surface area contributed by atoms with Gasteiger partial charge in [0.2, 0.25) is 0 Å². The summed E-state index contributed by atoms with van der Waals surface area (Å²) in [6.45, 7) is 3.57. The summed E-state index contributed by atoms with van der Waals surface area (Å²) < 4.78 is 5.38. The Hall–Kier alpha value is -2.61. The van der Waals surface area contributed by atoms with Crippen molar-refractivity contribution < 1.29 is 9.53 Å². The van der Waals surface area contributed by atoms with Gasteiger partial charge in [0, 0.05) is 5.57 Å². The molecule has 0 atom stereocenters. The maximum atomic E-state index is 11.8. The van der Waals surface area contributed by atoms with E-state index < -0.39 is 0 Å². The molecule has 3 aromatic rings. The molecule has 3 rings (SSSR count). The number of ether oxygens (including phenoxy) is 1. The molecule has 3 aromatic carbocycles. The molecule has 0 fully saturated rings. The first-order valence-corrected chi connectivity index (χ1v) is 6.95. The smallest absolute Gasteiger partial charge is 0.338 e. The highest BCUT2D eigenvalue weighted by Crippen LogP contribution is 2.26. The predicted molar refractivity (Wildman–Crippen MR) is 86.5 cm³/mol. The first-order valence-electron chi connectivity index (χ1n) is 6.95. The van der Waals surface area contributed by atoms with Gasteiger partial charge in [-0.3, -0.25) is 0 Å². The van der Waals surface area contributed by atoms with Crippen molar-refractivity contribution in [1.82, 2.24) is 0 Å². The molecule has 104 valence electrons. The molecule has 0 aromatic heterocycles. The Bertz CT molecular complexity index is 860. The predicted octanol–water partition coefficient (Wildman–Crippen LogP) is 4.86. The van der Waals surface area contributed by atoms with Gasteiger partial charge in [-0.25, -0.2) is 4.79 Å². The summed E-state index contributed by atoms with van der Waals surface area (Å²) >= 11 is 0. The van der Waals surface area contributed by atoms with Crippen LogP contribution in [0.4, 0.5) is 0 Å². The molecule has 21 heavy (non-hydrogen) atoms. The Labute approximate surface area is 123 Å². The lowest BCUT2D eigenvalue weighted by Gasteiger charge is -2.07. The number of rotatable bonds is 2. The Morgan fingerprint density at radius 3 is 2.19 bits per heavy atom. The van der Waals surface area contributed by atoms with E-state index >= 15 is 0 Å². The van der Waals surface area contributed by atoms with Crippen molar-refractivity contribution >= 4 is 27.5 Å². The molecular weight excluding hydrogens is 260 g/mol. The van der Waals surface area contributed by atoms with E-state index in [1.165, 1.54) is 10.8 Å². The zero-order chi connectivity index (χ0) is 14.8. The molecule has 0 aliphatic carbocycles. The fourth-order valence-electron chi connectivity index (χ4n) is 2.29. The second-order valence-electron chi connectivity index (χ2n) is 5.07. The van der Waals surface area contributed by atoms with Crippen LogP contribution >= 0.6 is 0 Å². The van der Waals surface area contributed by atoms with Gasteiger partial charge in [0.05, 0.1) is 0 Å². The topological polar surface area (TPSA) is 26.3 Å². The van der Waals surface area contributed by atoms with Gasteiger partial charge in [-0.2, -0.15) is 0 Å². The number of esters is 1. The summed E-state index contributed by atoms with van der Waals surface area (Å²) in [5, 5.41) is 4.59. The minimum atomic E-state index is -0.308. The summed E-state index contributed by atoms with van der Waals surface area (Å²) in [7, 11) is 0.